The summed E-state index contributed by atoms with van der Waals surface area (Å²) in [5, 5.41) is 8.99. The van der Waals surface area contributed by atoms with E-state index in [1.807, 2.05) is 24.5 Å². The van der Waals surface area contributed by atoms with Crippen molar-refractivity contribution in [1.82, 2.24) is 9.55 Å². The van der Waals surface area contributed by atoms with Gasteiger partial charge in [0, 0.05) is 6.04 Å². The van der Waals surface area contributed by atoms with Crippen molar-refractivity contribution < 1.29 is 9.90 Å². The number of hydrogen-bond donors (Lipinski definition) is 1. The molecule has 1 aromatic heterocycles. The molecule has 0 aliphatic carbocycles. The molecular formula is C15H20N2O2. The number of nitrogens with zero attached hydrogens (tertiary/aromatic N) is 2. The summed E-state index contributed by atoms with van der Waals surface area (Å²) < 4.78 is 2.01. The van der Waals surface area contributed by atoms with E-state index in [0.717, 1.165) is 11.0 Å². The normalized spacial score (nSPS) is 11.7. The van der Waals surface area contributed by atoms with Crippen LogP contribution in [0.5, 0.6) is 0 Å². The second-order valence-electron chi connectivity index (χ2n) is 5.47. The zero-order chi connectivity index (χ0) is 14.2. The molecule has 0 spiro atoms. The Hall–Kier alpha value is -1.84. The summed E-state index contributed by atoms with van der Waals surface area (Å²) in [5.41, 5.74) is 3.12. The van der Waals surface area contributed by atoms with Crippen LogP contribution in [0.15, 0.2) is 18.2 Å². The number of carboxylic acid groups (broad SMARTS) is 1. The Bertz CT molecular complexity index is 612. The third-order valence-corrected chi connectivity index (χ3v) is 3.28. The predicted octanol–water partition coefficient (Wildman–Crippen LogP) is 3.37. The van der Waals surface area contributed by atoms with Gasteiger partial charge in [-0.3, -0.25) is 4.79 Å². The Morgan fingerprint density at radius 3 is 2.53 bits per heavy atom. The summed E-state index contributed by atoms with van der Waals surface area (Å²) >= 11 is 0. The molecule has 1 heterocycles. The maximum Gasteiger partial charge on any atom is 0.311 e. The number of carboxylic acids is 1. The molecular weight excluding hydrogens is 240 g/mol. The van der Waals surface area contributed by atoms with Crippen molar-refractivity contribution in [2.45, 2.75) is 46.1 Å². The molecule has 0 saturated carbocycles. The van der Waals surface area contributed by atoms with Gasteiger partial charge < -0.3 is 9.67 Å². The molecule has 0 aliphatic heterocycles. The second-order valence-corrected chi connectivity index (χ2v) is 5.47. The molecule has 0 atom stereocenters. The third-order valence-electron chi connectivity index (χ3n) is 3.28. The highest BCUT2D eigenvalue weighted by Crippen LogP contribution is 2.25. The van der Waals surface area contributed by atoms with E-state index in [4.69, 9.17) is 5.11 Å². The van der Waals surface area contributed by atoms with E-state index in [1.165, 1.54) is 5.56 Å². The Labute approximate surface area is 113 Å². The summed E-state index contributed by atoms with van der Waals surface area (Å²) in [7, 11) is 0. The first-order chi connectivity index (χ1) is 8.90. The first-order valence-electron chi connectivity index (χ1n) is 6.62. The van der Waals surface area contributed by atoms with E-state index in [9.17, 15) is 4.79 Å². The Morgan fingerprint density at radius 1 is 1.32 bits per heavy atom. The van der Waals surface area contributed by atoms with Gasteiger partial charge in [-0.05, 0) is 37.5 Å². The Kier molecular flexibility index (Phi) is 3.60. The summed E-state index contributed by atoms with van der Waals surface area (Å²) in [6.07, 6.45) is -0.0378. The number of benzene rings is 1. The molecule has 2 aromatic rings. The summed E-state index contributed by atoms with van der Waals surface area (Å²) in [5.74, 6) is 0.219. The van der Waals surface area contributed by atoms with Gasteiger partial charge in [0.25, 0.3) is 0 Å². The van der Waals surface area contributed by atoms with Crippen LogP contribution in [0, 0.1) is 0 Å². The summed E-state index contributed by atoms with van der Waals surface area (Å²) in [6, 6.07) is 6.40. The fourth-order valence-corrected chi connectivity index (χ4v) is 2.36. The summed E-state index contributed by atoms with van der Waals surface area (Å²) in [4.78, 5) is 15.4. The molecule has 1 aromatic carbocycles. The molecule has 0 aliphatic rings. The molecule has 0 radical (unpaired) electrons. The standard InChI is InChI=1S/C15H20N2O2/c1-9(2)11-5-6-13-12(7-11)16-14(8-15(18)19)17(13)10(3)4/h5-7,9-10H,8H2,1-4H3,(H,18,19). The molecule has 4 heteroatoms. The zero-order valence-corrected chi connectivity index (χ0v) is 11.8. The van der Waals surface area contributed by atoms with Gasteiger partial charge in [0.2, 0.25) is 0 Å². The monoisotopic (exact) mass is 260 g/mol. The molecule has 2 rings (SSSR count). The molecule has 1 N–H and O–H groups in total. The van der Waals surface area contributed by atoms with Crippen molar-refractivity contribution in [2.24, 2.45) is 0 Å². The average Bonchev–Trinajstić information content (AvgIpc) is 2.64. The molecule has 0 saturated heterocycles. The molecule has 4 nitrogen and oxygen atoms in total. The van der Waals surface area contributed by atoms with Gasteiger partial charge in [0.1, 0.15) is 12.2 Å². The van der Waals surface area contributed by atoms with Crippen LogP contribution >= 0.6 is 0 Å². The van der Waals surface area contributed by atoms with Crippen LogP contribution in [-0.4, -0.2) is 20.6 Å². The van der Waals surface area contributed by atoms with Crippen molar-refractivity contribution in [3.8, 4) is 0 Å². The van der Waals surface area contributed by atoms with E-state index in [0.29, 0.717) is 11.7 Å². The molecule has 0 amide bonds. The number of fused-ring (bicyclic) bond motifs is 1. The van der Waals surface area contributed by atoms with Crippen molar-refractivity contribution in [1.29, 1.82) is 0 Å². The van der Waals surface area contributed by atoms with Gasteiger partial charge >= 0.3 is 5.97 Å². The van der Waals surface area contributed by atoms with Crippen molar-refractivity contribution >= 4 is 17.0 Å². The van der Waals surface area contributed by atoms with E-state index in [-0.39, 0.29) is 12.5 Å². The lowest BCUT2D eigenvalue weighted by Gasteiger charge is -2.12. The van der Waals surface area contributed by atoms with Crippen LogP contribution in [0.4, 0.5) is 0 Å². The predicted molar refractivity (Wildman–Crippen MR) is 75.5 cm³/mol. The number of rotatable bonds is 4. The maximum absolute atomic E-state index is 10.9. The van der Waals surface area contributed by atoms with Crippen LogP contribution < -0.4 is 0 Å². The first-order valence-corrected chi connectivity index (χ1v) is 6.62. The zero-order valence-electron chi connectivity index (χ0n) is 11.8. The highest BCUT2D eigenvalue weighted by atomic mass is 16.4. The van der Waals surface area contributed by atoms with Gasteiger partial charge in [-0.2, -0.15) is 0 Å². The average molecular weight is 260 g/mol. The van der Waals surface area contributed by atoms with Crippen LogP contribution in [0.3, 0.4) is 0 Å². The lowest BCUT2D eigenvalue weighted by molar-refractivity contribution is -0.136. The van der Waals surface area contributed by atoms with Gasteiger partial charge in [-0.15, -0.1) is 0 Å². The van der Waals surface area contributed by atoms with Crippen LogP contribution in [0.2, 0.25) is 0 Å². The van der Waals surface area contributed by atoms with Crippen molar-refractivity contribution in [3.63, 3.8) is 0 Å². The molecule has 0 bridgehead atoms. The largest absolute Gasteiger partial charge is 0.481 e. The fourth-order valence-electron chi connectivity index (χ4n) is 2.36. The quantitative estimate of drug-likeness (QED) is 0.917. The second kappa shape index (κ2) is 5.03. The Morgan fingerprint density at radius 2 is 2.00 bits per heavy atom. The number of aliphatic carboxylic acids is 1. The molecule has 102 valence electrons. The molecule has 0 unspecified atom stereocenters. The number of hydrogen-bond acceptors (Lipinski definition) is 2. The van der Waals surface area contributed by atoms with Crippen LogP contribution in [0.1, 0.15) is 51.0 Å². The van der Waals surface area contributed by atoms with Gasteiger partial charge in [0.15, 0.2) is 0 Å². The molecule has 0 fully saturated rings. The minimum atomic E-state index is -0.846. The lowest BCUT2D eigenvalue weighted by atomic mass is 10.0. The van der Waals surface area contributed by atoms with Gasteiger partial charge in [-0.1, -0.05) is 19.9 Å². The smallest absolute Gasteiger partial charge is 0.311 e. The Balaban J connectivity index is 2.62. The minimum absolute atomic E-state index is 0.0378. The molecule has 19 heavy (non-hydrogen) atoms. The number of carbonyl (C=O) groups is 1. The fraction of sp³-hybridized carbons (Fsp3) is 0.467. The van der Waals surface area contributed by atoms with E-state index < -0.39 is 5.97 Å². The highest BCUT2D eigenvalue weighted by Gasteiger charge is 2.16. The number of imidazole rings is 1. The van der Waals surface area contributed by atoms with E-state index >= 15 is 0 Å². The number of aromatic nitrogens is 2. The van der Waals surface area contributed by atoms with Crippen LogP contribution in [0.25, 0.3) is 11.0 Å². The summed E-state index contributed by atoms with van der Waals surface area (Å²) in [6.45, 7) is 8.36. The van der Waals surface area contributed by atoms with E-state index in [1.54, 1.807) is 0 Å². The topological polar surface area (TPSA) is 55.1 Å². The van der Waals surface area contributed by atoms with Crippen molar-refractivity contribution in [2.75, 3.05) is 0 Å². The third kappa shape index (κ3) is 2.62. The van der Waals surface area contributed by atoms with Gasteiger partial charge in [0.05, 0.1) is 11.0 Å². The van der Waals surface area contributed by atoms with Gasteiger partial charge in [-0.25, -0.2) is 4.98 Å². The SMILES string of the molecule is CC(C)c1ccc2c(c1)nc(CC(=O)O)n2C(C)C. The van der Waals surface area contributed by atoms with Crippen molar-refractivity contribution in [3.05, 3.63) is 29.6 Å². The first kappa shape index (κ1) is 13.6. The maximum atomic E-state index is 10.9. The van der Waals surface area contributed by atoms with E-state index in [2.05, 4.69) is 31.0 Å². The minimum Gasteiger partial charge on any atom is -0.481 e. The lowest BCUT2D eigenvalue weighted by Crippen LogP contribution is -2.11. The van der Waals surface area contributed by atoms with Crippen LogP contribution in [-0.2, 0) is 11.2 Å². The highest BCUT2D eigenvalue weighted by molar-refractivity contribution is 5.79.